The molecule has 2 N–H and O–H groups in total. The van der Waals surface area contributed by atoms with Crippen LogP contribution in [0.2, 0.25) is 0 Å². The number of hydrogen-bond donors (Lipinski definition) is 2. The Kier molecular flexibility index (Phi) is 4.35. The van der Waals surface area contributed by atoms with Crippen molar-refractivity contribution in [3.8, 4) is 5.75 Å². The van der Waals surface area contributed by atoms with Crippen LogP contribution < -0.4 is 5.32 Å². The Morgan fingerprint density at radius 2 is 2.05 bits per heavy atom. The summed E-state index contributed by atoms with van der Waals surface area (Å²) >= 11 is 2.05. The standard InChI is InChI=1S/C14H19IN2O2/c1-14(16-2)5-7-17(8-6-14)13(19)10-3-4-11(15)12(18)9-10/h3-4,9,16,18H,5-8H2,1-2H3. The molecule has 104 valence electrons. The SMILES string of the molecule is CNC1(C)CCN(C(=O)c2ccc(I)c(O)c2)CC1. The van der Waals surface area contributed by atoms with Crippen LogP contribution in [0.25, 0.3) is 0 Å². The number of phenols is 1. The smallest absolute Gasteiger partial charge is 0.253 e. The zero-order chi connectivity index (χ0) is 14.0. The molecule has 0 atom stereocenters. The number of piperidine rings is 1. The maximum atomic E-state index is 12.4. The maximum absolute atomic E-state index is 12.4. The van der Waals surface area contributed by atoms with E-state index in [0.717, 1.165) is 29.5 Å². The lowest BCUT2D eigenvalue weighted by molar-refractivity contribution is 0.0661. The molecule has 0 bridgehead atoms. The van der Waals surface area contributed by atoms with Crippen LogP contribution >= 0.6 is 22.6 Å². The predicted octanol–water partition coefficient (Wildman–Crippen LogP) is 2.21. The number of nitrogens with one attached hydrogen (secondary N) is 1. The topological polar surface area (TPSA) is 52.6 Å². The first kappa shape index (κ1) is 14.6. The average molecular weight is 374 g/mol. The minimum Gasteiger partial charge on any atom is -0.507 e. The summed E-state index contributed by atoms with van der Waals surface area (Å²) in [6, 6.07) is 5.09. The minimum absolute atomic E-state index is 0.00449. The molecule has 1 heterocycles. The molecule has 5 heteroatoms. The molecule has 1 aromatic rings. The second-order valence-electron chi connectivity index (χ2n) is 5.27. The highest BCUT2D eigenvalue weighted by molar-refractivity contribution is 14.1. The Labute approximate surface area is 127 Å². The highest BCUT2D eigenvalue weighted by Gasteiger charge is 2.30. The molecule has 1 saturated heterocycles. The third kappa shape index (κ3) is 3.20. The Morgan fingerprint density at radius 1 is 1.42 bits per heavy atom. The first-order valence-corrected chi connectivity index (χ1v) is 7.50. The van der Waals surface area contributed by atoms with E-state index in [0.29, 0.717) is 5.56 Å². The fourth-order valence-electron chi connectivity index (χ4n) is 2.28. The van der Waals surface area contributed by atoms with Gasteiger partial charge in [-0.05, 0) is 67.6 Å². The summed E-state index contributed by atoms with van der Waals surface area (Å²) in [6.45, 7) is 3.69. The van der Waals surface area contributed by atoms with Gasteiger partial charge in [-0.3, -0.25) is 4.79 Å². The van der Waals surface area contributed by atoms with Crippen LogP contribution in [0.4, 0.5) is 0 Å². The number of halogens is 1. The van der Waals surface area contributed by atoms with Gasteiger partial charge in [-0.25, -0.2) is 0 Å². The van der Waals surface area contributed by atoms with Crippen molar-refractivity contribution >= 4 is 28.5 Å². The van der Waals surface area contributed by atoms with Crippen LogP contribution in [0.3, 0.4) is 0 Å². The summed E-state index contributed by atoms with van der Waals surface area (Å²) in [4.78, 5) is 14.2. The largest absolute Gasteiger partial charge is 0.507 e. The van der Waals surface area contributed by atoms with E-state index < -0.39 is 0 Å². The molecule has 0 radical (unpaired) electrons. The minimum atomic E-state index is 0.00449. The van der Waals surface area contributed by atoms with Crippen molar-refractivity contribution in [1.29, 1.82) is 0 Å². The van der Waals surface area contributed by atoms with Gasteiger partial charge in [0, 0.05) is 24.2 Å². The van der Waals surface area contributed by atoms with Crippen molar-refractivity contribution in [3.63, 3.8) is 0 Å². The molecular formula is C14H19IN2O2. The van der Waals surface area contributed by atoms with Crippen LogP contribution in [0.1, 0.15) is 30.1 Å². The van der Waals surface area contributed by atoms with Gasteiger partial charge >= 0.3 is 0 Å². The monoisotopic (exact) mass is 374 g/mol. The maximum Gasteiger partial charge on any atom is 0.253 e. The average Bonchev–Trinajstić information content (AvgIpc) is 2.42. The highest BCUT2D eigenvalue weighted by atomic mass is 127. The summed E-state index contributed by atoms with van der Waals surface area (Å²) in [7, 11) is 1.97. The van der Waals surface area contributed by atoms with Gasteiger partial charge < -0.3 is 15.3 Å². The summed E-state index contributed by atoms with van der Waals surface area (Å²) in [5, 5.41) is 13.0. The molecule has 0 aliphatic carbocycles. The van der Waals surface area contributed by atoms with E-state index >= 15 is 0 Å². The van der Waals surface area contributed by atoms with Crippen molar-refractivity contribution < 1.29 is 9.90 Å². The first-order chi connectivity index (χ1) is 8.95. The number of likely N-dealkylation sites (tertiary alicyclic amines) is 1. The second kappa shape index (κ2) is 5.66. The molecule has 0 saturated carbocycles. The van der Waals surface area contributed by atoms with E-state index in [2.05, 4.69) is 12.2 Å². The zero-order valence-electron chi connectivity index (χ0n) is 11.2. The first-order valence-electron chi connectivity index (χ1n) is 6.42. The number of nitrogens with zero attached hydrogens (tertiary/aromatic N) is 1. The van der Waals surface area contributed by atoms with Gasteiger partial charge in [-0.1, -0.05) is 0 Å². The van der Waals surface area contributed by atoms with Gasteiger partial charge in [-0.15, -0.1) is 0 Å². The van der Waals surface area contributed by atoms with Crippen molar-refractivity contribution in [2.45, 2.75) is 25.3 Å². The van der Waals surface area contributed by atoms with Crippen LogP contribution in [0.5, 0.6) is 5.75 Å². The van der Waals surface area contributed by atoms with E-state index in [4.69, 9.17) is 0 Å². The van der Waals surface area contributed by atoms with Gasteiger partial charge in [0.2, 0.25) is 0 Å². The van der Waals surface area contributed by atoms with E-state index in [9.17, 15) is 9.90 Å². The Bertz CT molecular complexity index is 482. The fourth-order valence-corrected chi connectivity index (χ4v) is 2.62. The Hall–Kier alpha value is -0.820. The van der Waals surface area contributed by atoms with Crippen molar-refractivity contribution in [1.82, 2.24) is 10.2 Å². The van der Waals surface area contributed by atoms with Gasteiger partial charge in [0.25, 0.3) is 5.91 Å². The number of carbonyl (C=O) groups is 1. The fraction of sp³-hybridized carbons (Fsp3) is 0.500. The summed E-state index contributed by atoms with van der Waals surface area (Å²) in [5.74, 6) is 0.174. The predicted molar refractivity (Wildman–Crippen MR) is 83.4 cm³/mol. The molecule has 1 aliphatic rings. The van der Waals surface area contributed by atoms with Crippen LogP contribution in [-0.4, -0.2) is 41.6 Å². The Morgan fingerprint density at radius 3 is 2.58 bits per heavy atom. The lowest BCUT2D eigenvalue weighted by Gasteiger charge is -2.39. The molecule has 1 fully saturated rings. The summed E-state index contributed by atoms with van der Waals surface area (Å²) in [6.07, 6.45) is 1.90. The molecule has 0 unspecified atom stereocenters. The number of benzene rings is 1. The van der Waals surface area contributed by atoms with E-state index in [-0.39, 0.29) is 17.2 Å². The third-order valence-electron chi connectivity index (χ3n) is 3.95. The normalized spacial score (nSPS) is 18.4. The molecule has 4 nitrogen and oxygen atoms in total. The molecule has 0 spiro atoms. The second-order valence-corrected chi connectivity index (χ2v) is 6.43. The van der Waals surface area contributed by atoms with E-state index in [1.807, 2.05) is 34.5 Å². The quantitative estimate of drug-likeness (QED) is 0.781. The summed E-state index contributed by atoms with van der Waals surface area (Å²) < 4.78 is 0.760. The van der Waals surface area contributed by atoms with Gasteiger partial charge in [0.15, 0.2) is 0 Å². The van der Waals surface area contributed by atoms with E-state index in [1.54, 1.807) is 18.2 Å². The number of rotatable bonds is 2. The molecule has 2 rings (SSSR count). The number of aromatic hydroxyl groups is 1. The summed E-state index contributed by atoms with van der Waals surface area (Å²) in [5.41, 5.74) is 0.691. The number of hydrogen-bond acceptors (Lipinski definition) is 3. The lowest BCUT2D eigenvalue weighted by atomic mass is 9.89. The van der Waals surface area contributed by atoms with Crippen molar-refractivity contribution in [2.24, 2.45) is 0 Å². The van der Waals surface area contributed by atoms with Crippen molar-refractivity contribution in [2.75, 3.05) is 20.1 Å². The lowest BCUT2D eigenvalue weighted by Crippen LogP contribution is -2.51. The molecule has 0 aromatic heterocycles. The van der Waals surface area contributed by atoms with Crippen LogP contribution in [-0.2, 0) is 0 Å². The zero-order valence-corrected chi connectivity index (χ0v) is 13.4. The highest BCUT2D eigenvalue weighted by Crippen LogP contribution is 2.25. The third-order valence-corrected chi connectivity index (χ3v) is 4.86. The van der Waals surface area contributed by atoms with Gasteiger partial charge in [0.05, 0.1) is 3.57 Å². The number of phenolic OH excluding ortho intramolecular Hbond substituents is 1. The molecule has 1 aromatic carbocycles. The van der Waals surface area contributed by atoms with E-state index in [1.165, 1.54) is 0 Å². The number of carbonyl (C=O) groups excluding carboxylic acids is 1. The number of amides is 1. The van der Waals surface area contributed by atoms with Crippen LogP contribution in [0.15, 0.2) is 18.2 Å². The molecule has 19 heavy (non-hydrogen) atoms. The van der Waals surface area contributed by atoms with Gasteiger partial charge in [0.1, 0.15) is 5.75 Å². The molecule has 1 aliphatic heterocycles. The molecular weight excluding hydrogens is 355 g/mol. The van der Waals surface area contributed by atoms with Crippen molar-refractivity contribution in [3.05, 3.63) is 27.3 Å². The van der Waals surface area contributed by atoms with Gasteiger partial charge in [-0.2, -0.15) is 0 Å². The van der Waals surface area contributed by atoms with Crippen LogP contribution in [0, 0.1) is 3.57 Å². The molecule has 1 amide bonds. The Balaban J connectivity index is 2.07.